The van der Waals surface area contributed by atoms with Crippen molar-refractivity contribution in [3.8, 4) is 5.75 Å². The van der Waals surface area contributed by atoms with Gasteiger partial charge in [0.2, 0.25) is 0 Å². The van der Waals surface area contributed by atoms with E-state index >= 15 is 0 Å². The zero-order valence-electron chi connectivity index (χ0n) is 11.8. The Labute approximate surface area is 110 Å². The second kappa shape index (κ2) is 7.37. The van der Waals surface area contributed by atoms with Crippen LogP contribution in [0.15, 0.2) is 18.2 Å². The highest BCUT2D eigenvalue weighted by Gasteiger charge is 2.12. The van der Waals surface area contributed by atoms with E-state index in [1.165, 1.54) is 7.11 Å². The summed E-state index contributed by atoms with van der Waals surface area (Å²) in [6, 6.07) is 5.61. The van der Waals surface area contributed by atoms with Crippen molar-refractivity contribution in [1.29, 1.82) is 0 Å². The van der Waals surface area contributed by atoms with Crippen LogP contribution < -0.4 is 10.1 Å². The highest BCUT2D eigenvalue weighted by atomic mass is 19.1. The summed E-state index contributed by atoms with van der Waals surface area (Å²) in [5, 5.41) is 3.46. The molecule has 18 heavy (non-hydrogen) atoms. The molecule has 0 bridgehead atoms. The molecule has 1 atom stereocenters. The van der Waals surface area contributed by atoms with Crippen molar-refractivity contribution in [2.24, 2.45) is 5.92 Å². The number of hydrogen-bond acceptors (Lipinski definition) is 2. The molecule has 0 radical (unpaired) electrons. The predicted molar refractivity (Wildman–Crippen MR) is 73.6 cm³/mol. The van der Waals surface area contributed by atoms with E-state index in [1.54, 1.807) is 12.1 Å². The number of hydrogen-bond donors (Lipinski definition) is 1. The highest BCUT2D eigenvalue weighted by Crippen LogP contribution is 2.19. The van der Waals surface area contributed by atoms with Crippen LogP contribution in [-0.2, 0) is 6.42 Å². The van der Waals surface area contributed by atoms with Gasteiger partial charge in [-0.05, 0) is 43.0 Å². The van der Waals surface area contributed by atoms with Crippen molar-refractivity contribution < 1.29 is 9.13 Å². The fourth-order valence-corrected chi connectivity index (χ4v) is 2.22. The van der Waals surface area contributed by atoms with Gasteiger partial charge in [0.05, 0.1) is 7.11 Å². The van der Waals surface area contributed by atoms with Gasteiger partial charge in [0.1, 0.15) is 0 Å². The number of rotatable bonds is 7. The van der Waals surface area contributed by atoms with Gasteiger partial charge in [0.25, 0.3) is 0 Å². The van der Waals surface area contributed by atoms with Gasteiger partial charge < -0.3 is 10.1 Å². The van der Waals surface area contributed by atoms with Crippen LogP contribution in [0.4, 0.5) is 4.39 Å². The Morgan fingerprint density at radius 1 is 1.33 bits per heavy atom. The highest BCUT2D eigenvalue weighted by molar-refractivity contribution is 5.29. The Hall–Kier alpha value is -1.09. The van der Waals surface area contributed by atoms with Crippen molar-refractivity contribution >= 4 is 0 Å². The molecule has 0 saturated carbocycles. The summed E-state index contributed by atoms with van der Waals surface area (Å²) >= 11 is 0. The Bertz CT molecular complexity index is 366. The standard InChI is InChI=1S/C15H24FNO/c1-5-17-13(8-11(2)3)9-12-6-7-15(18-4)14(16)10-12/h6-7,10-11,13,17H,5,8-9H2,1-4H3. The van der Waals surface area contributed by atoms with Gasteiger partial charge in [-0.15, -0.1) is 0 Å². The molecule has 0 fully saturated rings. The molecule has 3 heteroatoms. The van der Waals surface area contributed by atoms with E-state index in [9.17, 15) is 4.39 Å². The van der Waals surface area contributed by atoms with E-state index in [2.05, 4.69) is 26.1 Å². The summed E-state index contributed by atoms with van der Waals surface area (Å²) in [5.41, 5.74) is 1.01. The molecule has 0 aliphatic carbocycles. The maximum absolute atomic E-state index is 13.6. The predicted octanol–water partition coefficient (Wildman–Crippen LogP) is 3.40. The second-order valence-corrected chi connectivity index (χ2v) is 5.06. The van der Waals surface area contributed by atoms with Crippen LogP contribution in [0.2, 0.25) is 0 Å². The topological polar surface area (TPSA) is 21.3 Å². The van der Waals surface area contributed by atoms with Crippen molar-refractivity contribution in [2.45, 2.75) is 39.7 Å². The van der Waals surface area contributed by atoms with Crippen LogP contribution in [0.25, 0.3) is 0 Å². The molecule has 0 aliphatic heterocycles. The van der Waals surface area contributed by atoms with E-state index in [1.807, 2.05) is 6.07 Å². The number of methoxy groups -OCH3 is 1. The molecule has 1 aromatic rings. The van der Waals surface area contributed by atoms with Gasteiger partial charge in [-0.2, -0.15) is 0 Å². The maximum atomic E-state index is 13.6. The maximum Gasteiger partial charge on any atom is 0.165 e. The van der Waals surface area contributed by atoms with Gasteiger partial charge >= 0.3 is 0 Å². The largest absolute Gasteiger partial charge is 0.494 e. The van der Waals surface area contributed by atoms with Gasteiger partial charge in [0, 0.05) is 6.04 Å². The summed E-state index contributed by atoms with van der Waals surface area (Å²) in [6.07, 6.45) is 1.95. The average Bonchev–Trinajstić information content (AvgIpc) is 2.28. The first kappa shape index (κ1) is 15.0. The molecule has 0 spiro atoms. The van der Waals surface area contributed by atoms with E-state index < -0.39 is 0 Å². The van der Waals surface area contributed by atoms with E-state index in [4.69, 9.17) is 4.74 Å². The molecular weight excluding hydrogens is 229 g/mol. The zero-order valence-corrected chi connectivity index (χ0v) is 11.8. The Morgan fingerprint density at radius 2 is 2.06 bits per heavy atom. The van der Waals surface area contributed by atoms with Crippen LogP contribution >= 0.6 is 0 Å². The lowest BCUT2D eigenvalue weighted by molar-refractivity contribution is 0.385. The van der Waals surface area contributed by atoms with Gasteiger partial charge in [-0.1, -0.05) is 26.8 Å². The molecule has 102 valence electrons. The molecule has 0 heterocycles. The number of ether oxygens (including phenoxy) is 1. The minimum atomic E-state index is -0.283. The van der Waals surface area contributed by atoms with E-state index in [0.717, 1.165) is 24.9 Å². The smallest absolute Gasteiger partial charge is 0.165 e. The normalized spacial score (nSPS) is 12.8. The fourth-order valence-electron chi connectivity index (χ4n) is 2.22. The third-order valence-corrected chi connectivity index (χ3v) is 2.95. The third-order valence-electron chi connectivity index (χ3n) is 2.95. The lowest BCUT2D eigenvalue weighted by atomic mass is 9.97. The minimum absolute atomic E-state index is 0.283. The van der Waals surface area contributed by atoms with Crippen molar-refractivity contribution in [3.05, 3.63) is 29.6 Å². The molecule has 0 amide bonds. The van der Waals surface area contributed by atoms with Crippen LogP contribution in [0, 0.1) is 11.7 Å². The molecule has 1 unspecified atom stereocenters. The van der Waals surface area contributed by atoms with E-state index in [-0.39, 0.29) is 5.82 Å². The zero-order chi connectivity index (χ0) is 13.5. The van der Waals surface area contributed by atoms with Crippen LogP contribution in [0.1, 0.15) is 32.8 Å². The Balaban J connectivity index is 2.71. The number of likely N-dealkylation sites (N-methyl/N-ethyl adjacent to an activating group) is 1. The molecule has 1 N–H and O–H groups in total. The van der Waals surface area contributed by atoms with Crippen molar-refractivity contribution in [1.82, 2.24) is 5.32 Å². The van der Waals surface area contributed by atoms with Crippen LogP contribution in [0.5, 0.6) is 5.75 Å². The minimum Gasteiger partial charge on any atom is -0.494 e. The van der Waals surface area contributed by atoms with Crippen molar-refractivity contribution in [3.63, 3.8) is 0 Å². The first-order chi connectivity index (χ1) is 8.56. The Morgan fingerprint density at radius 3 is 2.56 bits per heavy atom. The lowest BCUT2D eigenvalue weighted by Gasteiger charge is -2.20. The first-order valence-corrected chi connectivity index (χ1v) is 6.62. The number of benzene rings is 1. The molecule has 1 aromatic carbocycles. The van der Waals surface area contributed by atoms with Crippen molar-refractivity contribution in [2.75, 3.05) is 13.7 Å². The summed E-state index contributed by atoms with van der Waals surface area (Å²) in [5.74, 6) is 0.662. The summed E-state index contributed by atoms with van der Waals surface area (Å²) in [6.45, 7) is 7.45. The summed E-state index contributed by atoms with van der Waals surface area (Å²) in [4.78, 5) is 0. The molecule has 0 aliphatic rings. The van der Waals surface area contributed by atoms with Gasteiger partial charge in [-0.3, -0.25) is 0 Å². The second-order valence-electron chi connectivity index (χ2n) is 5.06. The fraction of sp³-hybridized carbons (Fsp3) is 0.600. The molecule has 2 nitrogen and oxygen atoms in total. The molecular formula is C15H24FNO. The van der Waals surface area contributed by atoms with Crippen LogP contribution in [-0.4, -0.2) is 19.7 Å². The SMILES string of the molecule is CCNC(Cc1ccc(OC)c(F)c1)CC(C)C. The average molecular weight is 253 g/mol. The molecule has 0 aromatic heterocycles. The number of nitrogens with one attached hydrogen (secondary N) is 1. The lowest BCUT2D eigenvalue weighted by Crippen LogP contribution is -2.32. The van der Waals surface area contributed by atoms with Gasteiger partial charge in [-0.25, -0.2) is 4.39 Å². The summed E-state index contributed by atoms with van der Waals surface area (Å²) in [7, 11) is 1.48. The summed E-state index contributed by atoms with van der Waals surface area (Å²) < 4.78 is 18.5. The van der Waals surface area contributed by atoms with E-state index in [0.29, 0.717) is 17.7 Å². The van der Waals surface area contributed by atoms with Gasteiger partial charge in [0.15, 0.2) is 11.6 Å². The molecule has 1 rings (SSSR count). The molecule has 0 saturated heterocycles. The third kappa shape index (κ3) is 4.65. The quantitative estimate of drug-likeness (QED) is 0.804. The van der Waals surface area contributed by atoms with Crippen LogP contribution in [0.3, 0.4) is 0 Å². The monoisotopic (exact) mass is 253 g/mol. The Kier molecular flexibility index (Phi) is 6.13. The first-order valence-electron chi connectivity index (χ1n) is 6.62. The number of halogens is 1.